The molecule has 0 aromatic heterocycles. The maximum atomic E-state index is 11.8. The molecule has 1 N–H and O–H groups in total. The largest absolute Gasteiger partial charge is 0.465 e. The van der Waals surface area contributed by atoms with E-state index >= 15 is 0 Å². The summed E-state index contributed by atoms with van der Waals surface area (Å²) in [4.78, 5) is 13.5. The fraction of sp³-hybridized carbons (Fsp3) is 0.632. The van der Waals surface area contributed by atoms with E-state index in [1.54, 1.807) is 4.90 Å². The van der Waals surface area contributed by atoms with Crippen molar-refractivity contribution in [3.63, 3.8) is 0 Å². The lowest BCUT2D eigenvalue weighted by Crippen LogP contribution is -2.49. The van der Waals surface area contributed by atoms with Gasteiger partial charge in [-0.3, -0.25) is 4.90 Å². The summed E-state index contributed by atoms with van der Waals surface area (Å²) in [7, 11) is -1.93. The third-order valence-corrected chi connectivity index (χ3v) is 10.1. The van der Waals surface area contributed by atoms with Crippen LogP contribution in [0, 0.1) is 0 Å². The molecule has 1 fully saturated rings. The number of hydrogen-bond donors (Lipinski definition) is 1. The van der Waals surface area contributed by atoms with E-state index in [2.05, 4.69) is 33.9 Å². The van der Waals surface area contributed by atoms with Crippen molar-refractivity contribution in [3.8, 4) is 0 Å². The Balaban J connectivity index is 2.16. The highest BCUT2D eigenvalue weighted by Gasteiger charge is 2.41. The fourth-order valence-corrected chi connectivity index (χ4v) is 3.78. The van der Waals surface area contributed by atoms with Gasteiger partial charge in [-0.05, 0) is 55.1 Å². The van der Waals surface area contributed by atoms with E-state index in [0.29, 0.717) is 18.1 Å². The minimum atomic E-state index is -1.93. The molecule has 0 aliphatic heterocycles. The molecule has 0 radical (unpaired) electrons. The molecule has 1 aromatic rings. The van der Waals surface area contributed by atoms with Crippen LogP contribution in [0.25, 0.3) is 0 Å². The smallest absolute Gasteiger partial charge is 0.407 e. The van der Waals surface area contributed by atoms with Crippen molar-refractivity contribution in [2.45, 2.75) is 70.2 Å². The molecule has 1 amide bonds. The van der Waals surface area contributed by atoms with Crippen LogP contribution in [0.5, 0.6) is 0 Å². The van der Waals surface area contributed by atoms with Crippen LogP contribution in [0.15, 0.2) is 24.3 Å². The second-order valence-corrected chi connectivity index (χ2v) is 13.7. The predicted octanol–water partition coefficient (Wildman–Crippen LogP) is 5.42. The van der Waals surface area contributed by atoms with Crippen molar-refractivity contribution in [3.05, 3.63) is 34.9 Å². The summed E-state index contributed by atoms with van der Waals surface area (Å²) in [5, 5.41) is 10.5. The van der Waals surface area contributed by atoms with Gasteiger partial charge in [0.1, 0.15) is 0 Å². The van der Waals surface area contributed by atoms with Crippen molar-refractivity contribution < 1.29 is 14.3 Å². The van der Waals surface area contributed by atoms with E-state index in [-0.39, 0.29) is 17.1 Å². The highest BCUT2D eigenvalue weighted by atomic mass is 35.5. The number of carbonyl (C=O) groups is 1. The van der Waals surface area contributed by atoms with Gasteiger partial charge in [-0.2, -0.15) is 0 Å². The molecule has 1 unspecified atom stereocenters. The second kappa shape index (κ2) is 7.68. The maximum absolute atomic E-state index is 11.8. The van der Waals surface area contributed by atoms with Gasteiger partial charge in [-0.25, -0.2) is 4.79 Å². The normalized spacial score (nSPS) is 16.6. The van der Waals surface area contributed by atoms with Crippen molar-refractivity contribution in [2.24, 2.45) is 0 Å². The van der Waals surface area contributed by atoms with Gasteiger partial charge in [0.05, 0.1) is 12.6 Å². The minimum Gasteiger partial charge on any atom is -0.465 e. The molecular formula is C19H30ClNO3Si. The average molecular weight is 384 g/mol. The lowest BCUT2D eigenvalue weighted by molar-refractivity contribution is 0.0952. The number of carboxylic acid groups (broad SMARTS) is 1. The topological polar surface area (TPSA) is 49.8 Å². The van der Waals surface area contributed by atoms with E-state index in [9.17, 15) is 9.90 Å². The van der Waals surface area contributed by atoms with Gasteiger partial charge in [-0.1, -0.05) is 44.5 Å². The first-order valence-corrected chi connectivity index (χ1v) is 12.2. The molecule has 0 heterocycles. The minimum absolute atomic E-state index is 0.103. The molecule has 25 heavy (non-hydrogen) atoms. The molecule has 1 aliphatic carbocycles. The van der Waals surface area contributed by atoms with Crippen LogP contribution in [0.2, 0.25) is 23.2 Å². The summed E-state index contributed by atoms with van der Waals surface area (Å²) in [6, 6.07) is 7.61. The van der Waals surface area contributed by atoms with Crippen LogP contribution in [0.3, 0.4) is 0 Å². The van der Waals surface area contributed by atoms with Gasteiger partial charge >= 0.3 is 6.09 Å². The Bertz CT molecular complexity index is 594. The molecule has 4 nitrogen and oxygen atoms in total. The summed E-state index contributed by atoms with van der Waals surface area (Å²) < 4.78 is 6.37. The van der Waals surface area contributed by atoms with Crippen molar-refractivity contribution in [1.29, 1.82) is 0 Å². The molecule has 1 atom stereocenters. The molecule has 0 spiro atoms. The summed E-state index contributed by atoms with van der Waals surface area (Å²) in [5.41, 5.74) is 1.08. The van der Waals surface area contributed by atoms with Crippen molar-refractivity contribution in [2.75, 3.05) is 6.61 Å². The van der Waals surface area contributed by atoms with Gasteiger partial charge in [0.25, 0.3) is 0 Å². The first-order chi connectivity index (χ1) is 11.5. The Morgan fingerprint density at radius 2 is 1.88 bits per heavy atom. The fourth-order valence-electron chi connectivity index (χ4n) is 2.61. The highest BCUT2D eigenvalue weighted by molar-refractivity contribution is 6.74. The monoisotopic (exact) mass is 383 g/mol. The van der Waals surface area contributed by atoms with Crippen LogP contribution in [0.4, 0.5) is 4.79 Å². The molecule has 140 valence electrons. The molecule has 1 saturated carbocycles. The van der Waals surface area contributed by atoms with E-state index < -0.39 is 14.4 Å². The van der Waals surface area contributed by atoms with Crippen LogP contribution >= 0.6 is 11.6 Å². The van der Waals surface area contributed by atoms with Crippen LogP contribution in [-0.4, -0.2) is 43.1 Å². The summed E-state index contributed by atoms with van der Waals surface area (Å²) in [5.74, 6) is 0. The molecule has 1 aromatic carbocycles. The standard InChI is InChI=1S/C19H30ClNO3Si/c1-19(2,3)25(4,5)24-13-17(21(18(22)23)16-10-11-16)12-14-6-8-15(20)9-7-14/h6-9,16-17H,10-13H2,1-5H3,(H,22,23). The third kappa shape index (κ3) is 5.46. The van der Waals surface area contributed by atoms with Gasteiger partial charge < -0.3 is 9.53 Å². The average Bonchev–Trinajstić information content (AvgIpc) is 3.30. The van der Waals surface area contributed by atoms with Gasteiger partial charge in [-0.15, -0.1) is 0 Å². The zero-order valence-electron chi connectivity index (χ0n) is 15.9. The molecule has 6 heteroatoms. The zero-order chi connectivity index (χ0) is 18.8. The molecule has 0 saturated heterocycles. The maximum Gasteiger partial charge on any atom is 0.407 e. The Morgan fingerprint density at radius 3 is 2.32 bits per heavy atom. The molecule has 2 rings (SSSR count). The summed E-state index contributed by atoms with van der Waals surface area (Å²) in [6.07, 6.45) is 1.70. The summed E-state index contributed by atoms with van der Waals surface area (Å²) >= 11 is 5.97. The van der Waals surface area contributed by atoms with E-state index in [4.69, 9.17) is 16.0 Å². The number of halogens is 1. The highest BCUT2D eigenvalue weighted by Crippen LogP contribution is 2.37. The van der Waals surface area contributed by atoms with Crippen LogP contribution < -0.4 is 0 Å². The lowest BCUT2D eigenvalue weighted by atomic mass is 10.1. The van der Waals surface area contributed by atoms with E-state index in [1.807, 2.05) is 24.3 Å². The summed E-state index contributed by atoms with van der Waals surface area (Å²) in [6.45, 7) is 11.4. The Kier molecular flexibility index (Phi) is 6.23. The van der Waals surface area contributed by atoms with E-state index in [0.717, 1.165) is 18.4 Å². The number of hydrogen-bond acceptors (Lipinski definition) is 2. The number of nitrogens with zero attached hydrogens (tertiary/aromatic N) is 1. The first kappa shape index (κ1) is 20.3. The zero-order valence-corrected chi connectivity index (χ0v) is 17.6. The van der Waals surface area contributed by atoms with Crippen LogP contribution in [0.1, 0.15) is 39.2 Å². The number of amides is 1. The van der Waals surface area contributed by atoms with Crippen LogP contribution in [-0.2, 0) is 10.8 Å². The van der Waals surface area contributed by atoms with E-state index in [1.165, 1.54) is 0 Å². The SMILES string of the molecule is CC(C)(C)[Si](C)(C)OCC(Cc1ccc(Cl)cc1)N(C(=O)O)C1CC1. The molecular weight excluding hydrogens is 354 g/mol. The Labute approximate surface area is 157 Å². The number of benzene rings is 1. The Morgan fingerprint density at radius 1 is 1.32 bits per heavy atom. The van der Waals surface area contributed by atoms with Gasteiger partial charge in [0.15, 0.2) is 8.32 Å². The predicted molar refractivity (Wildman–Crippen MR) is 105 cm³/mol. The number of rotatable bonds is 7. The van der Waals surface area contributed by atoms with Gasteiger partial charge in [0, 0.05) is 11.1 Å². The second-order valence-electron chi connectivity index (χ2n) is 8.48. The first-order valence-electron chi connectivity index (χ1n) is 8.91. The molecule has 0 bridgehead atoms. The molecule has 1 aliphatic rings. The quantitative estimate of drug-likeness (QED) is 0.640. The lowest BCUT2D eigenvalue weighted by Gasteiger charge is -2.39. The van der Waals surface area contributed by atoms with Crippen molar-refractivity contribution >= 4 is 26.0 Å². The van der Waals surface area contributed by atoms with Crippen molar-refractivity contribution in [1.82, 2.24) is 4.90 Å². The Hall–Kier alpha value is -1.04. The third-order valence-electron chi connectivity index (χ3n) is 5.38. The van der Waals surface area contributed by atoms with Gasteiger partial charge in [0.2, 0.25) is 0 Å².